The molecule has 0 fully saturated rings. The summed E-state index contributed by atoms with van der Waals surface area (Å²) in [5, 5.41) is 4.73. The molecule has 0 atom stereocenters. The molecule has 0 aliphatic carbocycles. The molecule has 21 heavy (non-hydrogen) atoms. The van der Waals surface area contributed by atoms with E-state index in [1.54, 1.807) is 0 Å². The van der Waals surface area contributed by atoms with Crippen molar-refractivity contribution in [3.8, 4) is 0 Å². The third-order valence-electron chi connectivity index (χ3n) is 4.28. The van der Waals surface area contributed by atoms with Crippen LogP contribution in [0.2, 0.25) is 0 Å². The molecule has 0 spiro atoms. The number of aryl methyl sites for hydroxylation is 1. The molecule has 0 amide bonds. The molecule has 2 rings (SSSR count). The Labute approximate surface area is 131 Å². The lowest BCUT2D eigenvalue weighted by Crippen LogP contribution is -2.32. The normalized spacial score (nSPS) is 11.8. The zero-order chi connectivity index (χ0) is 15.5. The second-order valence-electron chi connectivity index (χ2n) is 5.54. The number of rotatable bonds is 6. The van der Waals surface area contributed by atoms with Crippen molar-refractivity contribution in [2.24, 2.45) is 0 Å². The molecule has 2 aromatic rings. The highest BCUT2D eigenvalue weighted by Crippen LogP contribution is 2.32. The lowest BCUT2D eigenvalue weighted by molar-refractivity contribution is 0.575. The van der Waals surface area contributed by atoms with E-state index in [-0.39, 0.29) is 4.75 Å². The number of thioether (sulfide) groups is 1. The van der Waals surface area contributed by atoms with Crippen LogP contribution in [-0.4, -0.2) is 22.5 Å². The number of benzene rings is 1. The van der Waals surface area contributed by atoms with Crippen LogP contribution in [0.1, 0.15) is 32.4 Å². The highest BCUT2D eigenvalue weighted by atomic mass is 32.2. The molecular weight excluding hydrogens is 278 g/mol. The van der Waals surface area contributed by atoms with Gasteiger partial charge in [-0.3, -0.25) is 4.98 Å². The van der Waals surface area contributed by atoms with E-state index in [0.717, 1.165) is 47.4 Å². The van der Waals surface area contributed by atoms with E-state index in [9.17, 15) is 0 Å². The molecule has 1 heterocycles. The molecule has 3 nitrogen and oxygen atoms in total. The monoisotopic (exact) mass is 303 g/mol. The van der Waals surface area contributed by atoms with E-state index >= 15 is 0 Å². The third-order valence-corrected chi connectivity index (χ3v) is 5.87. The smallest absolute Gasteiger partial charge is 0.0727 e. The minimum absolute atomic E-state index is 0.282. The van der Waals surface area contributed by atoms with Crippen molar-refractivity contribution in [1.82, 2.24) is 4.98 Å². The first-order valence-electron chi connectivity index (χ1n) is 7.49. The molecule has 0 bridgehead atoms. The molecule has 0 radical (unpaired) electrons. The van der Waals surface area contributed by atoms with Crippen LogP contribution in [0.5, 0.6) is 0 Å². The van der Waals surface area contributed by atoms with Gasteiger partial charge in [0.2, 0.25) is 0 Å². The molecule has 3 N–H and O–H groups in total. The Bertz CT molecular complexity index is 612. The van der Waals surface area contributed by atoms with Gasteiger partial charge in [-0.05, 0) is 50.3 Å². The average molecular weight is 303 g/mol. The topological polar surface area (TPSA) is 50.9 Å². The van der Waals surface area contributed by atoms with Crippen molar-refractivity contribution < 1.29 is 0 Å². The van der Waals surface area contributed by atoms with E-state index in [0.29, 0.717) is 0 Å². The fourth-order valence-electron chi connectivity index (χ4n) is 2.64. The maximum atomic E-state index is 5.93. The Hall–Kier alpha value is -1.42. The van der Waals surface area contributed by atoms with Crippen LogP contribution in [0.25, 0.3) is 10.9 Å². The summed E-state index contributed by atoms with van der Waals surface area (Å²) in [6.07, 6.45) is 4.51. The second kappa shape index (κ2) is 6.56. The average Bonchev–Trinajstić information content (AvgIpc) is 2.49. The van der Waals surface area contributed by atoms with Gasteiger partial charge in [-0.25, -0.2) is 0 Å². The number of pyridine rings is 1. The van der Waals surface area contributed by atoms with Crippen LogP contribution in [0.4, 0.5) is 11.4 Å². The number of nitrogen functional groups attached to an aromatic ring is 1. The molecule has 0 aliphatic heterocycles. The largest absolute Gasteiger partial charge is 0.399 e. The highest BCUT2D eigenvalue weighted by molar-refractivity contribution is 8.00. The highest BCUT2D eigenvalue weighted by Gasteiger charge is 2.24. The number of nitrogens with one attached hydrogen (secondary N) is 1. The number of anilines is 2. The summed E-state index contributed by atoms with van der Waals surface area (Å²) in [5.41, 5.74) is 9.86. The van der Waals surface area contributed by atoms with Crippen LogP contribution in [0, 0.1) is 6.92 Å². The number of nitrogens with zero attached hydrogens (tertiary/aromatic N) is 1. The number of fused-ring (bicyclic) bond motifs is 1. The fraction of sp³-hybridized carbons (Fsp3) is 0.471. The molecule has 0 saturated carbocycles. The summed E-state index contributed by atoms with van der Waals surface area (Å²) >= 11 is 1.95. The Morgan fingerprint density at radius 3 is 2.57 bits per heavy atom. The van der Waals surface area contributed by atoms with Crippen molar-refractivity contribution in [3.63, 3.8) is 0 Å². The number of hydrogen-bond acceptors (Lipinski definition) is 4. The minimum atomic E-state index is 0.282. The molecule has 114 valence electrons. The standard InChI is InChI=1S/C17H25N3S/c1-5-17(6-2,21-4)11-19-16-9-12(3)20-15-8-7-13(18)10-14(15)16/h7-10H,5-6,11,18H2,1-4H3,(H,19,20). The number of hydrogen-bond donors (Lipinski definition) is 2. The van der Waals surface area contributed by atoms with Gasteiger partial charge >= 0.3 is 0 Å². The fourth-order valence-corrected chi connectivity index (χ4v) is 3.43. The SMILES string of the molecule is CCC(CC)(CNc1cc(C)nc2ccc(N)cc12)SC. The van der Waals surface area contributed by atoms with Gasteiger partial charge in [-0.1, -0.05) is 13.8 Å². The second-order valence-corrected chi connectivity index (χ2v) is 6.81. The lowest BCUT2D eigenvalue weighted by Gasteiger charge is -2.30. The summed E-state index contributed by atoms with van der Waals surface area (Å²) in [6, 6.07) is 8.01. The van der Waals surface area contributed by atoms with E-state index in [2.05, 4.69) is 36.5 Å². The van der Waals surface area contributed by atoms with Gasteiger partial charge in [-0.2, -0.15) is 11.8 Å². The van der Waals surface area contributed by atoms with Crippen molar-refractivity contribution in [1.29, 1.82) is 0 Å². The minimum Gasteiger partial charge on any atom is -0.399 e. The van der Waals surface area contributed by atoms with Crippen LogP contribution in [0.3, 0.4) is 0 Å². The van der Waals surface area contributed by atoms with Gasteiger partial charge in [0.1, 0.15) is 0 Å². The van der Waals surface area contributed by atoms with E-state index in [1.807, 2.05) is 36.9 Å². The Kier molecular flexibility index (Phi) is 4.99. The Morgan fingerprint density at radius 2 is 1.95 bits per heavy atom. The number of aromatic nitrogens is 1. The first kappa shape index (κ1) is 16.0. The van der Waals surface area contributed by atoms with Crippen molar-refractivity contribution in [3.05, 3.63) is 30.0 Å². The molecule has 0 aliphatic rings. The predicted molar refractivity (Wildman–Crippen MR) is 96.2 cm³/mol. The first-order valence-corrected chi connectivity index (χ1v) is 8.72. The molecular formula is C17H25N3S. The van der Waals surface area contributed by atoms with Gasteiger partial charge in [0.05, 0.1) is 5.52 Å². The first-order chi connectivity index (χ1) is 10.0. The van der Waals surface area contributed by atoms with Gasteiger partial charge in [0.15, 0.2) is 0 Å². The zero-order valence-electron chi connectivity index (χ0n) is 13.4. The van der Waals surface area contributed by atoms with Crippen LogP contribution in [-0.2, 0) is 0 Å². The van der Waals surface area contributed by atoms with Gasteiger partial charge < -0.3 is 11.1 Å². The molecule has 4 heteroatoms. The lowest BCUT2D eigenvalue weighted by atomic mass is 10.0. The Morgan fingerprint density at radius 1 is 1.24 bits per heavy atom. The molecule has 0 unspecified atom stereocenters. The quantitative estimate of drug-likeness (QED) is 0.774. The van der Waals surface area contributed by atoms with Gasteiger partial charge in [0.25, 0.3) is 0 Å². The molecule has 1 aromatic heterocycles. The van der Waals surface area contributed by atoms with Crippen molar-refractivity contribution >= 4 is 34.0 Å². The van der Waals surface area contributed by atoms with Gasteiger partial charge in [0, 0.05) is 33.7 Å². The maximum Gasteiger partial charge on any atom is 0.0727 e. The summed E-state index contributed by atoms with van der Waals surface area (Å²) in [5.74, 6) is 0. The Balaban J connectivity index is 2.35. The maximum absolute atomic E-state index is 5.93. The van der Waals surface area contributed by atoms with Crippen molar-refractivity contribution in [2.75, 3.05) is 23.9 Å². The molecule has 1 aromatic carbocycles. The van der Waals surface area contributed by atoms with E-state index in [1.165, 1.54) is 0 Å². The predicted octanol–water partition coefficient (Wildman–Crippen LogP) is 4.46. The summed E-state index contributed by atoms with van der Waals surface area (Å²) < 4.78 is 0.282. The van der Waals surface area contributed by atoms with Crippen molar-refractivity contribution in [2.45, 2.75) is 38.4 Å². The molecule has 0 saturated heterocycles. The summed E-state index contributed by atoms with van der Waals surface area (Å²) in [7, 11) is 0. The van der Waals surface area contributed by atoms with Crippen LogP contribution in [0.15, 0.2) is 24.3 Å². The number of nitrogens with two attached hydrogens (primary N) is 1. The summed E-state index contributed by atoms with van der Waals surface area (Å²) in [4.78, 5) is 4.58. The third kappa shape index (κ3) is 3.43. The summed E-state index contributed by atoms with van der Waals surface area (Å²) in [6.45, 7) is 7.50. The van der Waals surface area contributed by atoms with E-state index in [4.69, 9.17) is 5.73 Å². The van der Waals surface area contributed by atoms with Crippen LogP contribution < -0.4 is 11.1 Å². The van der Waals surface area contributed by atoms with E-state index < -0.39 is 0 Å². The zero-order valence-corrected chi connectivity index (χ0v) is 14.2. The van der Waals surface area contributed by atoms with Crippen LogP contribution >= 0.6 is 11.8 Å². The van der Waals surface area contributed by atoms with Gasteiger partial charge in [-0.15, -0.1) is 0 Å².